The Bertz CT molecular complexity index is 613. The SMILES string of the molecule is CCC[C@]1(N[S@@+]([O-])C(C)(C)C)C[C@@H]2[C@H](C1)[C@H]2c1cc(I)nn1C(C)C. The first-order chi connectivity index (χ1) is 11.6. The smallest absolute Gasteiger partial charge is 0.136 e. The number of nitrogens with zero attached hydrogens (tertiary/aromatic N) is 2. The Labute approximate surface area is 169 Å². The highest BCUT2D eigenvalue weighted by molar-refractivity contribution is 14.1. The Hall–Kier alpha value is 0.210. The molecule has 0 bridgehead atoms. The van der Waals surface area contributed by atoms with E-state index in [2.05, 4.69) is 79.6 Å². The summed E-state index contributed by atoms with van der Waals surface area (Å²) >= 11 is 1.33. The maximum atomic E-state index is 12.7. The average Bonchev–Trinajstić information content (AvgIpc) is 2.82. The van der Waals surface area contributed by atoms with Gasteiger partial charge in [-0.1, -0.05) is 13.3 Å². The summed E-state index contributed by atoms with van der Waals surface area (Å²) in [6.07, 6.45) is 4.56. The molecular formula is C19H32IN3OS. The van der Waals surface area contributed by atoms with Crippen LogP contribution in [0.2, 0.25) is 0 Å². The summed E-state index contributed by atoms with van der Waals surface area (Å²) in [6.45, 7) is 12.8. The van der Waals surface area contributed by atoms with Gasteiger partial charge < -0.3 is 4.55 Å². The van der Waals surface area contributed by atoms with Gasteiger partial charge in [0.25, 0.3) is 0 Å². The van der Waals surface area contributed by atoms with Crippen LogP contribution in [0.3, 0.4) is 0 Å². The number of nitrogens with one attached hydrogen (secondary N) is 1. The summed E-state index contributed by atoms with van der Waals surface area (Å²) < 4.78 is 19.4. The van der Waals surface area contributed by atoms with Gasteiger partial charge in [-0.25, -0.2) is 0 Å². The highest BCUT2D eigenvalue weighted by atomic mass is 127. The van der Waals surface area contributed by atoms with Crippen LogP contribution in [0, 0.1) is 15.5 Å². The van der Waals surface area contributed by atoms with Gasteiger partial charge in [-0.05, 0) is 94.4 Å². The lowest BCUT2D eigenvalue weighted by molar-refractivity contribution is 0.313. The normalized spacial score (nSPS) is 32.9. The molecule has 2 aliphatic rings. The van der Waals surface area contributed by atoms with Crippen molar-refractivity contribution >= 4 is 34.0 Å². The Morgan fingerprint density at radius 3 is 2.48 bits per heavy atom. The van der Waals surface area contributed by atoms with Crippen LogP contribution in [0.4, 0.5) is 0 Å². The minimum Gasteiger partial charge on any atom is -0.598 e. The van der Waals surface area contributed by atoms with Crippen molar-refractivity contribution in [3.63, 3.8) is 0 Å². The van der Waals surface area contributed by atoms with Crippen LogP contribution in [-0.4, -0.2) is 24.6 Å². The standard InChI is InChI=1S/C19H32IN3OS/c1-7-8-19(22-25(24)18(4,5)6)10-13-14(11-19)17(13)15-9-16(20)21-23(15)12(2)3/h9,12-14,17,22H,7-8,10-11H2,1-6H3/t13-,14+,17+,19+,25-/m0/s1. The fraction of sp³-hybridized carbons (Fsp3) is 0.842. The summed E-state index contributed by atoms with van der Waals surface area (Å²) in [7, 11) is 0. The molecule has 6 heteroatoms. The topological polar surface area (TPSA) is 52.9 Å². The number of hydrogen-bond donors (Lipinski definition) is 1. The third-order valence-corrected chi connectivity index (χ3v) is 8.00. The van der Waals surface area contributed by atoms with Crippen molar-refractivity contribution in [3.05, 3.63) is 15.5 Å². The van der Waals surface area contributed by atoms with Crippen LogP contribution in [0.1, 0.15) is 84.9 Å². The zero-order valence-electron chi connectivity index (χ0n) is 16.3. The zero-order chi connectivity index (χ0) is 18.6. The maximum absolute atomic E-state index is 12.7. The van der Waals surface area contributed by atoms with E-state index >= 15 is 0 Å². The number of aromatic nitrogens is 2. The lowest BCUT2D eigenvalue weighted by Crippen LogP contribution is -2.52. The lowest BCUT2D eigenvalue weighted by Gasteiger charge is -2.36. The molecule has 1 N–H and O–H groups in total. The fourth-order valence-corrected chi connectivity index (χ4v) is 6.15. The molecule has 5 atom stereocenters. The minimum absolute atomic E-state index is 0.0640. The first-order valence-electron chi connectivity index (χ1n) is 9.52. The van der Waals surface area contributed by atoms with E-state index in [-0.39, 0.29) is 10.3 Å². The van der Waals surface area contributed by atoms with Crippen molar-refractivity contribution in [2.75, 3.05) is 0 Å². The summed E-state index contributed by atoms with van der Waals surface area (Å²) in [5.41, 5.74) is 1.48. The molecule has 0 amide bonds. The molecule has 1 aromatic heterocycles. The molecule has 0 unspecified atom stereocenters. The quantitative estimate of drug-likeness (QED) is 0.474. The first-order valence-corrected chi connectivity index (χ1v) is 11.8. The van der Waals surface area contributed by atoms with Gasteiger partial charge in [0.15, 0.2) is 0 Å². The molecule has 2 saturated carbocycles. The van der Waals surface area contributed by atoms with Crippen LogP contribution in [-0.2, 0) is 11.4 Å². The van der Waals surface area contributed by atoms with Gasteiger partial charge in [0, 0.05) is 29.0 Å². The van der Waals surface area contributed by atoms with Gasteiger partial charge in [-0.3, -0.25) is 4.68 Å². The van der Waals surface area contributed by atoms with E-state index in [0.717, 1.165) is 41.2 Å². The molecule has 0 spiro atoms. The molecule has 0 aliphatic heterocycles. The second-order valence-corrected chi connectivity index (χ2v) is 12.3. The molecule has 142 valence electrons. The van der Waals surface area contributed by atoms with Crippen LogP contribution in [0.25, 0.3) is 0 Å². The van der Waals surface area contributed by atoms with E-state index < -0.39 is 11.4 Å². The van der Waals surface area contributed by atoms with Crippen molar-refractivity contribution < 1.29 is 4.55 Å². The summed E-state index contributed by atoms with van der Waals surface area (Å²) in [5.74, 6) is 2.09. The van der Waals surface area contributed by atoms with E-state index in [0.29, 0.717) is 12.0 Å². The second-order valence-electron chi connectivity index (χ2n) is 9.21. The molecule has 1 heterocycles. The fourth-order valence-electron chi connectivity index (χ4n) is 4.63. The summed E-state index contributed by atoms with van der Waals surface area (Å²) in [4.78, 5) is 0. The molecule has 4 nitrogen and oxygen atoms in total. The second kappa shape index (κ2) is 6.99. The molecule has 0 radical (unpaired) electrons. The van der Waals surface area contributed by atoms with Gasteiger partial charge in [0.2, 0.25) is 0 Å². The Balaban J connectivity index is 1.73. The predicted molar refractivity (Wildman–Crippen MR) is 113 cm³/mol. The minimum atomic E-state index is -0.994. The third-order valence-electron chi connectivity index (χ3n) is 5.74. The molecule has 25 heavy (non-hydrogen) atoms. The molecule has 3 rings (SSSR count). The number of fused-ring (bicyclic) bond motifs is 1. The monoisotopic (exact) mass is 477 g/mol. The highest BCUT2D eigenvalue weighted by Gasteiger charge is 2.63. The van der Waals surface area contributed by atoms with Crippen LogP contribution >= 0.6 is 22.6 Å². The predicted octanol–water partition coefficient (Wildman–Crippen LogP) is 4.78. The molecule has 2 fully saturated rings. The van der Waals surface area contributed by atoms with Crippen LogP contribution in [0.15, 0.2) is 6.07 Å². The first kappa shape index (κ1) is 20.0. The Morgan fingerprint density at radius 1 is 1.40 bits per heavy atom. The van der Waals surface area contributed by atoms with E-state index in [1.165, 1.54) is 5.69 Å². The van der Waals surface area contributed by atoms with Crippen LogP contribution in [0.5, 0.6) is 0 Å². The van der Waals surface area contributed by atoms with E-state index in [1.807, 2.05) is 0 Å². The van der Waals surface area contributed by atoms with Gasteiger partial charge in [0.1, 0.15) is 8.45 Å². The molecule has 0 aromatic carbocycles. The summed E-state index contributed by atoms with van der Waals surface area (Å²) in [6, 6.07) is 2.68. The van der Waals surface area contributed by atoms with Crippen molar-refractivity contribution in [2.45, 2.75) is 89.5 Å². The number of hydrogen-bond acceptors (Lipinski definition) is 3. The van der Waals surface area contributed by atoms with Gasteiger partial charge in [0.05, 0.1) is 5.54 Å². The van der Waals surface area contributed by atoms with Gasteiger partial charge >= 0.3 is 0 Å². The number of rotatable bonds is 6. The van der Waals surface area contributed by atoms with Crippen LogP contribution < -0.4 is 4.72 Å². The van der Waals surface area contributed by atoms with E-state index in [4.69, 9.17) is 5.10 Å². The summed E-state index contributed by atoms with van der Waals surface area (Å²) in [5, 5.41) is 4.69. The third kappa shape index (κ3) is 3.92. The van der Waals surface area contributed by atoms with Gasteiger partial charge in [-0.15, -0.1) is 4.72 Å². The van der Waals surface area contributed by atoms with Crippen molar-refractivity contribution in [1.82, 2.24) is 14.5 Å². The largest absolute Gasteiger partial charge is 0.598 e. The number of halogens is 1. The zero-order valence-corrected chi connectivity index (χ0v) is 19.3. The highest BCUT2D eigenvalue weighted by Crippen LogP contribution is 2.66. The molecule has 0 saturated heterocycles. The maximum Gasteiger partial charge on any atom is 0.136 e. The van der Waals surface area contributed by atoms with E-state index in [1.54, 1.807) is 0 Å². The van der Waals surface area contributed by atoms with Crippen molar-refractivity contribution in [1.29, 1.82) is 0 Å². The lowest BCUT2D eigenvalue weighted by atomic mass is 9.87. The molecule has 2 aliphatic carbocycles. The van der Waals surface area contributed by atoms with Crippen molar-refractivity contribution in [3.8, 4) is 0 Å². The van der Waals surface area contributed by atoms with E-state index in [9.17, 15) is 4.55 Å². The molecular weight excluding hydrogens is 445 g/mol. The average molecular weight is 477 g/mol. The molecule has 1 aromatic rings. The Morgan fingerprint density at radius 2 is 2.00 bits per heavy atom. The van der Waals surface area contributed by atoms with Gasteiger partial charge in [-0.2, -0.15) is 5.10 Å². The Kier molecular flexibility index (Phi) is 5.58. The van der Waals surface area contributed by atoms with Crippen molar-refractivity contribution in [2.24, 2.45) is 11.8 Å².